The van der Waals surface area contributed by atoms with E-state index < -0.39 is 0 Å². The Labute approximate surface area is 184 Å². The molecule has 0 saturated carbocycles. The van der Waals surface area contributed by atoms with Crippen LogP contribution in [-0.4, -0.2) is 28.6 Å². The van der Waals surface area contributed by atoms with Gasteiger partial charge in [-0.1, -0.05) is 35.1 Å². The van der Waals surface area contributed by atoms with Crippen LogP contribution in [0.3, 0.4) is 0 Å². The fourth-order valence-corrected chi connectivity index (χ4v) is 4.59. The van der Waals surface area contributed by atoms with Gasteiger partial charge in [-0.3, -0.25) is 14.9 Å². The number of nitrogens with zero attached hydrogens (tertiary/aromatic N) is 3. The molecular formula is C19H14ClIN4O2S. The zero-order chi connectivity index (χ0) is 19.7. The first-order valence-electron chi connectivity index (χ1n) is 8.46. The van der Waals surface area contributed by atoms with E-state index in [0.29, 0.717) is 28.7 Å². The number of nitrogens with one attached hydrogen (secondary N) is 1. The minimum Gasteiger partial charge on any atom is -0.312 e. The number of carbonyl (C=O) groups excluding carboxylic acids is 2. The second-order valence-corrected chi connectivity index (χ2v) is 8.87. The van der Waals surface area contributed by atoms with Crippen LogP contribution in [0.2, 0.25) is 5.02 Å². The summed E-state index contributed by atoms with van der Waals surface area (Å²) in [5.41, 5.74) is 1.40. The third kappa shape index (κ3) is 4.03. The third-order valence-corrected chi connectivity index (χ3v) is 6.59. The van der Waals surface area contributed by atoms with E-state index in [4.69, 9.17) is 11.6 Å². The minimum absolute atomic E-state index is 0.0342. The molecular weight excluding hydrogens is 511 g/mol. The molecule has 28 heavy (non-hydrogen) atoms. The molecule has 2 aromatic carbocycles. The smallest absolute Gasteiger partial charge is 0.258 e. The molecule has 0 aliphatic carbocycles. The van der Waals surface area contributed by atoms with E-state index in [0.717, 1.165) is 14.3 Å². The predicted octanol–water partition coefficient (Wildman–Crippen LogP) is 4.57. The van der Waals surface area contributed by atoms with Crippen molar-refractivity contribution in [1.82, 2.24) is 10.2 Å². The maximum Gasteiger partial charge on any atom is 0.258 e. The van der Waals surface area contributed by atoms with Gasteiger partial charge in [-0.15, -0.1) is 10.2 Å². The molecule has 1 saturated heterocycles. The van der Waals surface area contributed by atoms with Crippen LogP contribution in [0.4, 0.5) is 10.8 Å². The Morgan fingerprint density at radius 2 is 1.93 bits per heavy atom. The number of aromatic nitrogens is 2. The summed E-state index contributed by atoms with van der Waals surface area (Å²) in [6, 6.07) is 14.5. The van der Waals surface area contributed by atoms with Crippen molar-refractivity contribution in [2.45, 2.75) is 12.3 Å². The van der Waals surface area contributed by atoms with Crippen LogP contribution >= 0.6 is 45.5 Å². The zero-order valence-electron chi connectivity index (χ0n) is 14.4. The highest BCUT2D eigenvalue weighted by molar-refractivity contribution is 14.1. The first-order valence-corrected chi connectivity index (χ1v) is 10.7. The number of benzene rings is 2. The molecule has 0 spiro atoms. The molecule has 1 unspecified atom stereocenters. The fourth-order valence-electron chi connectivity index (χ4n) is 3.00. The molecule has 1 aliphatic rings. The number of halogens is 2. The first-order chi connectivity index (χ1) is 13.5. The molecule has 1 fully saturated rings. The maximum absolute atomic E-state index is 12.4. The van der Waals surface area contributed by atoms with Gasteiger partial charge in [-0.25, -0.2) is 0 Å². The Morgan fingerprint density at radius 1 is 1.18 bits per heavy atom. The van der Waals surface area contributed by atoms with Crippen LogP contribution in [0.5, 0.6) is 0 Å². The van der Waals surface area contributed by atoms with Crippen molar-refractivity contribution in [2.75, 3.05) is 16.8 Å². The SMILES string of the molecule is O=C(Nc1nnc(C2CC(=O)N(c3ccc(Cl)cc3)C2)s1)c1ccccc1I. The van der Waals surface area contributed by atoms with Gasteiger partial charge in [0.2, 0.25) is 11.0 Å². The fraction of sp³-hybridized carbons (Fsp3) is 0.158. The van der Waals surface area contributed by atoms with E-state index in [2.05, 4.69) is 38.1 Å². The highest BCUT2D eigenvalue weighted by atomic mass is 127. The topological polar surface area (TPSA) is 75.2 Å². The van der Waals surface area contributed by atoms with Gasteiger partial charge < -0.3 is 4.90 Å². The molecule has 3 aromatic rings. The normalized spacial score (nSPS) is 16.4. The number of amides is 2. The van der Waals surface area contributed by atoms with Gasteiger partial charge in [0, 0.05) is 33.2 Å². The van der Waals surface area contributed by atoms with Crippen LogP contribution in [0.15, 0.2) is 48.5 Å². The lowest BCUT2D eigenvalue weighted by atomic mass is 10.1. The molecule has 2 heterocycles. The van der Waals surface area contributed by atoms with Crippen LogP contribution in [0.25, 0.3) is 0 Å². The standard InChI is InChI=1S/C19H14ClIN4O2S/c20-12-5-7-13(8-6-12)25-10-11(9-16(25)26)18-23-24-19(28-18)22-17(27)14-3-1-2-4-15(14)21/h1-8,11H,9-10H2,(H,22,24,27). The van der Waals surface area contributed by atoms with E-state index >= 15 is 0 Å². The Hall–Kier alpha value is -2.04. The lowest BCUT2D eigenvalue weighted by Gasteiger charge is -2.16. The number of rotatable bonds is 4. The monoisotopic (exact) mass is 524 g/mol. The summed E-state index contributed by atoms with van der Waals surface area (Å²) < 4.78 is 0.863. The van der Waals surface area contributed by atoms with Crippen molar-refractivity contribution in [3.8, 4) is 0 Å². The van der Waals surface area contributed by atoms with Gasteiger partial charge in [0.25, 0.3) is 5.91 Å². The first kappa shape index (κ1) is 19.3. The summed E-state index contributed by atoms with van der Waals surface area (Å²) in [5, 5.41) is 12.9. The Morgan fingerprint density at radius 3 is 2.68 bits per heavy atom. The Balaban J connectivity index is 1.46. The van der Waals surface area contributed by atoms with Gasteiger partial charge in [0.1, 0.15) is 5.01 Å². The third-order valence-electron chi connectivity index (χ3n) is 4.39. The molecule has 0 radical (unpaired) electrons. The van der Waals surface area contributed by atoms with Crippen LogP contribution in [0.1, 0.15) is 27.7 Å². The van der Waals surface area contributed by atoms with Gasteiger partial charge in [-0.05, 0) is 59.0 Å². The summed E-state index contributed by atoms with van der Waals surface area (Å²) in [6.07, 6.45) is 0.363. The molecule has 2 amide bonds. The Bertz CT molecular complexity index is 1040. The van der Waals surface area contributed by atoms with Crippen molar-refractivity contribution in [3.63, 3.8) is 0 Å². The van der Waals surface area contributed by atoms with E-state index in [1.807, 2.05) is 30.3 Å². The highest BCUT2D eigenvalue weighted by Crippen LogP contribution is 2.34. The summed E-state index contributed by atoms with van der Waals surface area (Å²) in [7, 11) is 0. The summed E-state index contributed by atoms with van der Waals surface area (Å²) in [5.74, 6) is -0.242. The quantitative estimate of drug-likeness (QED) is 0.508. The molecule has 142 valence electrons. The average Bonchev–Trinajstić information content (AvgIpc) is 3.29. The highest BCUT2D eigenvalue weighted by Gasteiger charge is 2.34. The van der Waals surface area contributed by atoms with Crippen molar-refractivity contribution >= 4 is 68.2 Å². The lowest BCUT2D eigenvalue weighted by Crippen LogP contribution is -2.24. The molecule has 9 heteroatoms. The molecule has 6 nitrogen and oxygen atoms in total. The molecule has 1 N–H and O–H groups in total. The van der Waals surface area contributed by atoms with Gasteiger partial charge in [-0.2, -0.15) is 0 Å². The van der Waals surface area contributed by atoms with Gasteiger partial charge in [0.15, 0.2) is 0 Å². The van der Waals surface area contributed by atoms with E-state index in [-0.39, 0.29) is 17.7 Å². The molecule has 4 rings (SSSR count). The van der Waals surface area contributed by atoms with Crippen molar-refractivity contribution in [2.24, 2.45) is 0 Å². The minimum atomic E-state index is -0.224. The van der Waals surface area contributed by atoms with Crippen molar-refractivity contribution < 1.29 is 9.59 Å². The number of hydrogen-bond donors (Lipinski definition) is 1. The van der Waals surface area contributed by atoms with E-state index in [9.17, 15) is 9.59 Å². The van der Waals surface area contributed by atoms with Crippen LogP contribution < -0.4 is 10.2 Å². The number of anilines is 2. The summed E-state index contributed by atoms with van der Waals surface area (Å²) >= 11 is 9.35. The molecule has 1 aliphatic heterocycles. The van der Waals surface area contributed by atoms with Gasteiger partial charge in [0.05, 0.1) is 5.56 Å². The molecule has 1 aromatic heterocycles. The maximum atomic E-state index is 12.4. The zero-order valence-corrected chi connectivity index (χ0v) is 18.2. The van der Waals surface area contributed by atoms with Crippen molar-refractivity contribution in [3.05, 3.63) is 67.7 Å². The second-order valence-electron chi connectivity index (χ2n) is 6.26. The largest absolute Gasteiger partial charge is 0.312 e. The molecule has 1 atom stereocenters. The van der Waals surface area contributed by atoms with Crippen LogP contribution in [0, 0.1) is 3.57 Å². The Kier molecular flexibility index (Phi) is 5.61. The van der Waals surface area contributed by atoms with Crippen molar-refractivity contribution in [1.29, 1.82) is 0 Å². The number of carbonyl (C=O) groups is 2. The second kappa shape index (κ2) is 8.14. The molecule has 0 bridgehead atoms. The summed E-state index contributed by atoms with van der Waals surface area (Å²) in [6.45, 7) is 0.527. The van der Waals surface area contributed by atoms with Gasteiger partial charge >= 0.3 is 0 Å². The average molecular weight is 525 g/mol. The number of hydrogen-bond acceptors (Lipinski definition) is 5. The van der Waals surface area contributed by atoms with E-state index in [1.165, 1.54) is 11.3 Å². The lowest BCUT2D eigenvalue weighted by molar-refractivity contribution is -0.117. The van der Waals surface area contributed by atoms with E-state index in [1.54, 1.807) is 23.1 Å². The van der Waals surface area contributed by atoms with Crippen LogP contribution in [-0.2, 0) is 4.79 Å². The summed E-state index contributed by atoms with van der Waals surface area (Å²) in [4.78, 5) is 26.6. The predicted molar refractivity (Wildman–Crippen MR) is 118 cm³/mol.